The van der Waals surface area contributed by atoms with Crippen LogP contribution >= 0.6 is 0 Å². The Labute approximate surface area is 113 Å². The molecule has 1 rings (SSSR count). The molecule has 0 aliphatic heterocycles. The average Bonchev–Trinajstić information content (AvgIpc) is 2.37. The average molecular weight is 275 g/mol. The van der Waals surface area contributed by atoms with Crippen LogP contribution in [0.1, 0.15) is 32.1 Å². The fourth-order valence-electron chi connectivity index (χ4n) is 2.51. The standard InChI is InChI=1S/C13H25NO5/c1-19-8-11(4-7-15)14-9-13(18)5-2-10(3-6-13)12(16)17/h10-11,14-15,18H,2-9H2,1H3,(H,16,17). The second-order valence-electron chi connectivity index (χ2n) is 5.38. The second kappa shape index (κ2) is 7.79. The van der Waals surface area contributed by atoms with Gasteiger partial charge in [0.1, 0.15) is 0 Å². The molecule has 0 radical (unpaired) electrons. The van der Waals surface area contributed by atoms with Crippen LogP contribution in [0.25, 0.3) is 0 Å². The third-order valence-electron chi connectivity index (χ3n) is 3.83. The van der Waals surface area contributed by atoms with Crippen LogP contribution < -0.4 is 5.32 Å². The van der Waals surface area contributed by atoms with Crippen LogP contribution in [0.2, 0.25) is 0 Å². The number of carboxylic acids is 1. The minimum absolute atomic E-state index is 0.0104. The smallest absolute Gasteiger partial charge is 0.306 e. The number of nitrogens with one attached hydrogen (secondary N) is 1. The summed E-state index contributed by atoms with van der Waals surface area (Å²) < 4.78 is 5.04. The quantitative estimate of drug-likeness (QED) is 0.497. The van der Waals surface area contributed by atoms with E-state index in [1.54, 1.807) is 7.11 Å². The molecule has 112 valence electrons. The normalized spacial score (nSPS) is 29.1. The summed E-state index contributed by atoms with van der Waals surface area (Å²) in [6, 6.07) is 0.0104. The summed E-state index contributed by atoms with van der Waals surface area (Å²) in [5, 5.41) is 31.5. The topological polar surface area (TPSA) is 99.0 Å². The predicted octanol–water partition coefficient (Wildman–Crippen LogP) is -0.0207. The van der Waals surface area contributed by atoms with Crippen LogP contribution in [0.15, 0.2) is 0 Å². The van der Waals surface area contributed by atoms with Gasteiger partial charge in [0, 0.05) is 26.3 Å². The Morgan fingerprint density at radius 3 is 2.58 bits per heavy atom. The summed E-state index contributed by atoms with van der Waals surface area (Å²) >= 11 is 0. The highest BCUT2D eigenvalue weighted by Gasteiger charge is 2.35. The van der Waals surface area contributed by atoms with E-state index >= 15 is 0 Å². The fraction of sp³-hybridized carbons (Fsp3) is 0.923. The summed E-state index contributed by atoms with van der Waals surface area (Å²) in [5.41, 5.74) is -0.840. The number of carbonyl (C=O) groups is 1. The largest absolute Gasteiger partial charge is 0.481 e. The maximum absolute atomic E-state index is 10.9. The van der Waals surface area contributed by atoms with E-state index in [4.69, 9.17) is 14.9 Å². The van der Waals surface area contributed by atoms with Crippen LogP contribution in [0, 0.1) is 5.92 Å². The van der Waals surface area contributed by atoms with Gasteiger partial charge in [-0.15, -0.1) is 0 Å². The highest BCUT2D eigenvalue weighted by Crippen LogP contribution is 2.31. The molecular weight excluding hydrogens is 250 g/mol. The third-order valence-corrected chi connectivity index (χ3v) is 3.83. The van der Waals surface area contributed by atoms with E-state index in [2.05, 4.69) is 5.32 Å². The van der Waals surface area contributed by atoms with Gasteiger partial charge in [0.2, 0.25) is 0 Å². The van der Waals surface area contributed by atoms with Gasteiger partial charge in [0.25, 0.3) is 0 Å². The first-order chi connectivity index (χ1) is 9.00. The molecule has 0 amide bonds. The molecule has 0 heterocycles. The second-order valence-corrected chi connectivity index (χ2v) is 5.38. The van der Waals surface area contributed by atoms with Gasteiger partial charge in [-0.1, -0.05) is 0 Å². The number of rotatable bonds is 8. The summed E-state index contributed by atoms with van der Waals surface area (Å²) in [6.07, 6.45) is 2.60. The molecule has 0 aromatic heterocycles. The Kier molecular flexibility index (Phi) is 6.71. The number of methoxy groups -OCH3 is 1. The molecule has 1 aliphatic rings. The van der Waals surface area contributed by atoms with E-state index in [0.717, 1.165) is 0 Å². The fourth-order valence-corrected chi connectivity index (χ4v) is 2.51. The Hall–Kier alpha value is -0.690. The number of aliphatic hydroxyl groups excluding tert-OH is 1. The Bertz CT molecular complexity index is 270. The number of hydrogen-bond donors (Lipinski definition) is 4. The van der Waals surface area contributed by atoms with Crippen LogP contribution in [-0.2, 0) is 9.53 Å². The molecule has 1 saturated carbocycles. The van der Waals surface area contributed by atoms with Crippen molar-refractivity contribution in [2.24, 2.45) is 5.92 Å². The van der Waals surface area contributed by atoms with Crippen molar-refractivity contribution in [3.8, 4) is 0 Å². The van der Waals surface area contributed by atoms with Crippen LogP contribution in [0.5, 0.6) is 0 Å². The van der Waals surface area contributed by atoms with Crippen molar-refractivity contribution in [3.05, 3.63) is 0 Å². The highest BCUT2D eigenvalue weighted by atomic mass is 16.5. The zero-order valence-corrected chi connectivity index (χ0v) is 11.5. The maximum atomic E-state index is 10.9. The van der Waals surface area contributed by atoms with Gasteiger partial charge in [-0.05, 0) is 32.1 Å². The number of aliphatic carboxylic acids is 1. The van der Waals surface area contributed by atoms with Crippen molar-refractivity contribution in [1.82, 2.24) is 5.32 Å². The molecule has 0 bridgehead atoms. The lowest BCUT2D eigenvalue weighted by molar-refractivity contribution is -0.144. The van der Waals surface area contributed by atoms with Crippen LogP contribution in [0.3, 0.4) is 0 Å². The maximum Gasteiger partial charge on any atom is 0.306 e. The van der Waals surface area contributed by atoms with E-state index in [9.17, 15) is 9.90 Å². The van der Waals surface area contributed by atoms with Gasteiger partial charge < -0.3 is 25.4 Å². The first kappa shape index (κ1) is 16.4. The molecule has 6 heteroatoms. The summed E-state index contributed by atoms with van der Waals surface area (Å²) in [5.74, 6) is -1.10. The third kappa shape index (κ3) is 5.44. The summed E-state index contributed by atoms with van der Waals surface area (Å²) in [6.45, 7) is 0.961. The summed E-state index contributed by atoms with van der Waals surface area (Å²) in [4.78, 5) is 10.9. The predicted molar refractivity (Wildman–Crippen MR) is 69.9 cm³/mol. The zero-order valence-electron chi connectivity index (χ0n) is 11.5. The van der Waals surface area contributed by atoms with Crippen molar-refractivity contribution >= 4 is 5.97 Å². The Balaban J connectivity index is 2.37. The molecule has 4 N–H and O–H groups in total. The lowest BCUT2D eigenvalue weighted by atomic mass is 9.78. The zero-order chi connectivity index (χ0) is 14.3. The molecule has 1 unspecified atom stereocenters. The van der Waals surface area contributed by atoms with Gasteiger partial charge in [-0.2, -0.15) is 0 Å². The Morgan fingerprint density at radius 2 is 2.11 bits per heavy atom. The number of aliphatic hydroxyl groups is 2. The lowest BCUT2D eigenvalue weighted by Gasteiger charge is -2.36. The van der Waals surface area contributed by atoms with Crippen molar-refractivity contribution in [2.75, 3.05) is 26.9 Å². The molecule has 0 saturated heterocycles. The first-order valence-corrected chi connectivity index (χ1v) is 6.79. The molecule has 1 aliphatic carbocycles. The summed E-state index contributed by atoms with van der Waals surface area (Å²) in [7, 11) is 1.60. The van der Waals surface area contributed by atoms with Crippen molar-refractivity contribution < 1.29 is 24.9 Å². The monoisotopic (exact) mass is 275 g/mol. The van der Waals surface area contributed by atoms with Gasteiger partial charge >= 0.3 is 5.97 Å². The van der Waals surface area contributed by atoms with Crippen molar-refractivity contribution in [1.29, 1.82) is 0 Å². The molecule has 6 nitrogen and oxygen atoms in total. The van der Waals surface area contributed by atoms with E-state index in [1.165, 1.54) is 0 Å². The molecule has 1 fully saturated rings. The first-order valence-electron chi connectivity index (χ1n) is 6.79. The number of hydrogen-bond acceptors (Lipinski definition) is 5. The minimum atomic E-state index is -0.840. The molecule has 0 aromatic rings. The SMILES string of the molecule is COCC(CCO)NCC1(O)CCC(C(=O)O)CC1. The van der Waals surface area contributed by atoms with Gasteiger partial charge in [0.15, 0.2) is 0 Å². The highest BCUT2D eigenvalue weighted by molar-refractivity contribution is 5.70. The Morgan fingerprint density at radius 1 is 1.47 bits per heavy atom. The van der Waals surface area contributed by atoms with E-state index in [-0.39, 0.29) is 18.6 Å². The molecule has 19 heavy (non-hydrogen) atoms. The van der Waals surface area contributed by atoms with Crippen LogP contribution in [-0.4, -0.2) is 59.8 Å². The number of ether oxygens (including phenoxy) is 1. The molecule has 0 spiro atoms. The van der Waals surface area contributed by atoms with Gasteiger partial charge in [-0.25, -0.2) is 0 Å². The van der Waals surface area contributed by atoms with Crippen molar-refractivity contribution in [2.45, 2.75) is 43.7 Å². The van der Waals surface area contributed by atoms with Crippen molar-refractivity contribution in [3.63, 3.8) is 0 Å². The number of carboxylic acid groups (broad SMARTS) is 1. The molecular formula is C13H25NO5. The van der Waals surface area contributed by atoms with E-state index in [1.807, 2.05) is 0 Å². The van der Waals surface area contributed by atoms with Gasteiger partial charge in [0.05, 0.1) is 18.1 Å². The molecule has 0 aromatic carbocycles. The molecule has 1 atom stereocenters. The minimum Gasteiger partial charge on any atom is -0.481 e. The van der Waals surface area contributed by atoms with E-state index in [0.29, 0.717) is 45.3 Å². The van der Waals surface area contributed by atoms with Gasteiger partial charge in [-0.3, -0.25) is 4.79 Å². The van der Waals surface area contributed by atoms with Crippen LogP contribution in [0.4, 0.5) is 0 Å². The lowest BCUT2D eigenvalue weighted by Crippen LogP contribution is -2.48. The van der Waals surface area contributed by atoms with E-state index < -0.39 is 11.6 Å².